The molecule has 0 radical (unpaired) electrons. The third kappa shape index (κ3) is 16.6. The molecule has 6 aromatic carbocycles. The zero-order chi connectivity index (χ0) is 40.5. The second kappa shape index (κ2) is 26.3. The van der Waals surface area contributed by atoms with Crippen molar-refractivity contribution in [1.29, 1.82) is 0 Å². The maximum absolute atomic E-state index is 11.6. The van der Waals surface area contributed by atoms with E-state index < -0.39 is 23.5 Å². The van der Waals surface area contributed by atoms with Gasteiger partial charge in [-0.3, -0.25) is 10.1 Å². The predicted octanol–water partition coefficient (Wildman–Crippen LogP) is 7.14. The van der Waals surface area contributed by atoms with Gasteiger partial charge in [0.05, 0.1) is 16.3 Å². The van der Waals surface area contributed by atoms with Crippen LogP contribution in [0.15, 0.2) is 158 Å². The minimum absolute atomic E-state index is 0.0469. The normalized spacial score (nSPS) is 9.71. The Bertz CT molecular complexity index is 2180. The van der Waals surface area contributed by atoms with E-state index >= 15 is 0 Å². The van der Waals surface area contributed by atoms with E-state index in [0.29, 0.717) is 30.3 Å². The van der Waals surface area contributed by atoms with Gasteiger partial charge in [-0.05, 0) is 46.5 Å². The topological polar surface area (TPSA) is 180 Å². The number of para-hydroxylation sites is 2. The molecule has 12 nitrogen and oxygen atoms in total. The van der Waals surface area contributed by atoms with Crippen LogP contribution < -0.4 is 25.8 Å². The number of benzene rings is 6. The first kappa shape index (κ1) is 45.7. The second-order valence-electron chi connectivity index (χ2n) is 11.3. The van der Waals surface area contributed by atoms with Gasteiger partial charge < -0.3 is 25.8 Å². The number of nitrogen functional groups attached to an aromatic ring is 1. The van der Waals surface area contributed by atoms with E-state index in [0.717, 1.165) is 28.9 Å². The third-order valence-corrected chi connectivity index (χ3v) is 8.37. The van der Waals surface area contributed by atoms with Crippen molar-refractivity contribution in [2.75, 3.05) is 16.4 Å². The molecule has 0 bridgehead atoms. The van der Waals surface area contributed by atoms with Gasteiger partial charge in [0.2, 0.25) is 0 Å². The van der Waals surface area contributed by atoms with Gasteiger partial charge in [-0.2, -0.15) is 16.8 Å². The number of anilines is 3. The number of nitrogens with two attached hydrogens (primary N) is 1. The number of nitrogens with one attached hydrogen (secondary N) is 2. The van der Waals surface area contributed by atoms with E-state index in [1.807, 2.05) is 127 Å². The average molecular weight is 813 g/mol. The maximum atomic E-state index is 11.6. The number of nitro groups is 1. The van der Waals surface area contributed by atoms with Gasteiger partial charge in [0.15, 0.2) is 5.75 Å². The Morgan fingerprint density at radius 1 is 0.518 bits per heavy atom. The Kier molecular flexibility index (Phi) is 21.4. The van der Waals surface area contributed by atoms with Crippen molar-refractivity contribution in [2.45, 2.75) is 26.3 Å². The minimum atomic E-state index is -2.95. The van der Waals surface area contributed by atoms with Gasteiger partial charge in [0.25, 0.3) is 0 Å². The third-order valence-electron chi connectivity index (χ3n) is 7.48. The van der Waals surface area contributed by atoms with Crippen LogP contribution in [0.2, 0.25) is 0 Å². The first-order chi connectivity index (χ1) is 27.2. The number of rotatable bonds is 13. The Hall–Kier alpha value is -4.64. The van der Waals surface area contributed by atoms with Crippen LogP contribution in [0.4, 0.5) is 22.7 Å². The molecule has 56 heavy (non-hydrogen) atoms. The molecule has 0 aliphatic carbocycles. The molecule has 6 aromatic rings. The summed E-state index contributed by atoms with van der Waals surface area (Å²) in [5.74, 6) is 0.957. The molecule has 0 saturated heterocycles. The Labute approximate surface area is 357 Å². The molecule has 4 N–H and O–H groups in total. The van der Waals surface area contributed by atoms with Crippen LogP contribution in [-0.2, 0) is 44.8 Å². The summed E-state index contributed by atoms with van der Waals surface area (Å²) in [5, 5.41) is 18.0. The quantitative estimate of drug-likeness (QED) is 0.0467. The van der Waals surface area contributed by atoms with E-state index in [1.165, 1.54) is 49.2 Å². The number of ether oxygens (including phenoxy) is 2. The summed E-state index contributed by atoms with van der Waals surface area (Å²) in [6.45, 7) is 2.02. The summed E-state index contributed by atoms with van der Waals surface area (Å²) in [6.07, 6.45) is 0. The molecular weight excluding hydrogens is 775 g/mol. The van der Waals surface area contributed by atoms with E-state index in [1.54, 1.807) is 18.2 Å². The summed E-state index contributed by atoms with van der Waals surface area (Å²) in [5.41, 5.74) is 12.5. The molecule has 0 atom stereocenters. The Morgan fingerprint density at radius 3 is 1.29 bits per heavy atom. The van der Waals surface area contributed by atoms with Crippen LogP contribution in [0.3, 0.4) is 0 Å². The van der Waals surface area contributed by atoms with Gasteiger partial charge in [0.1, 0.15) is 24.7 Å². The molecular formula is C40H38N4Na2O8S2. The predicted molar refractivity (Wildman–Crippen MR) is 222 cm³/mol. The Balaban J connectivity index is 0.000000253. The molecule has 0 amide bonds. The first-order valence-corrected chi connectivity index (χ1v) is 28.1. The van der Waals surface area contributed by atoms with Crippen molar-refractivity contribution < 1.29 is 31.2 Å². The molecule has 0 spiro atoms. The molecule has 280 valence electrons. The summed E-state index contributed by atoms with van der Waals surface area (Å²) < 4.78 is 47.9. The van der Waals surface area contributed by atoms with Crippen molar-refractivity contribution in [2.24, 2.45) is 0 Å². The zero-order valence-electron chi connectivity index (χ0n) is 30.9. The summed E-state index contributed by atoms with van der Waals surface area (Å²) in [6, 6.07) is 50.5. The average Bonchev–Trinajstić information content (AvgIpc) is 3.24. The summed E-state index contributed by atoms with van der Waals surface area (Å²) >= 11 is 2.89. The number of hydrogen-bond donors (Lipinski definition) is 3. The summed E-state index contributed by atoms with van der Waals surface area (Å²) in [4.78, 5) is 11.1. The van der Waals surface area contributed by atoms with Crippen LogP contribution in [-0.4, -0.2) is 65.4 Å². The molecule has 0 aromatic heterocycles. The van der Waals surface area contributed by atoms with Crippen molar-refractivity contribution >= 4 is 84.9 Å². The van der Waals surface area contributed by atoms with Gasteiger partial charge >= 0.3 is 67.8 Å². The van der Waals surface area contributed by atoms with E-state index in [-0.39, 0.29) is 18.0 Å². The van der Waals surface area contributed by atoms with E-state index in [4.69, 9.17) is 32.0 Å². The van der Waals surface area contributed by atoms with E-state index in [2.05, 4.69) is 22.8 Å². The van der Waals surface area contributed by atoms with E-state index in [9.17, 15) is 10.1 Å². The number of nitrogens with zero attached hydrogens (tertiary/aromatic N) is 1. The number of nitro benzene ring substituents is 1. The SMILES string of the molecule is Nc1c(NCc2ccccc2)cccc1OCc1ccccc1.O=S(=O)=S(=O)=O.O=[N+]([O-])c1c(NCc2ccccc2)cccc1OCc1ccccc1.[Na][Na]. The van der Waals surface area contributed by atoms with Gasteiger partial charge in [-0.1, -0.05) is 133 Å². The molecule has 0 heterocycles. The fourth-order valence-corrected chi connectivity index (χ4v) is 4.85. The molecule has 0 aliphatic rings. The van der Waals surface area contributed by atoms with Crippen LogP contribution in [0.1, 0.15) is 22.3 Å². The van der Waals surface area contributed by atoms with Crippen LogP contribution in [0.5, 0.6) is 11.5 Å². The fourth-order valence-electron chi connectivity index (χ4n) is 4.85. The molecule has 0 fully saturated rings. The zero-order valence-corrected chi connectivity index (χ0v) is 36.6. The van der Waals surface area contributed by atoms with Crippen molar-refractivity contribution in [3.63, 3.8) is 0 Å². The molecule has 0 aliphatic heterocycles. The van der Waals surface area contributed by atoms with Gasteiger partial charge in [-0.15, -0.1) is 0 Å². The molecule has 0 saturated carbocycles. The van der Waals surface area contributed by atoms with Gasteiger partial charge in [0, 0.05) is 13.1 Å². The Morgan fingerprint density at radius 2 is 0.875 bits per heavy atom. The van der Waals surface area contributed by atoms with Crippen LogP contribution in [0, 0.1) is 10.1 Å². The molecule has 0 unspecified atom stereocenters. The van der Waals surface area contributed by atoms with Crippen molar-refractivity contribution in [3.05, 3.63) is 190 Å². The fraction of sp³-hybridized carbons (Fsp3) is 0.100. The second-order valence-corrected chi connectivity index (χ2v) is 13.7. The van der Waals surface area contributed by atoms with Gasteiger partial charge in [-0.25, -0.2) is 0 Å². The van der Waals surface area contributed by atoms with Crippen LogP contribution >= 0.6 is 0 Å². The van der Waals surface area contributed by atoms with Crippen molar-refractivity contribution in [3.8, 4) is 11.5 Å². The summed E-state index contributed by atoms with van der Waals surface area (Å²) in [7, 11) is -5.90. The standard InChI is InChI=1S/C20H18N2O3.C20H20N2O.2Na.O4S2/c23-22(24)20-18(21-14-16-8-3-1-4-9-16)12-7-13-19(20)25-15-17-10-5-2-6-11-17;21-20-18(22-14-16-8-3-1-4-9-16)12-7-13-19(20)23-15-17-10-5-2-6-11-17;;;1-5(2)6(3)4/h1-13,21H,14-15H2;1-13,22H,14-15,21H2;;;. The first-order valence-electron chi connectivity index (χ1n) is 17.4. The van der Waals surface area contributed by atoms with Crippen molar-refractivity contribution in [1.82, 2.24) is 0 Å². The number of hydrogen-bond acceptors (Lipinski definition) is 11. The molecule has 6 rings (SSSR count). The van der Waals surface area contributed by atoms with Crippen LogP contribution in [0.25, 0.3) is 0 Å². The monoisotopic (exact) mass is 812 g/mol. The molecule has 16 heteroatoms.